The molecule has 1 atom stereocenters. The van der Waals surface area contributed by atoms with Gasteiger partial charge in [0.15, 0.2) is 11.5 Å². The van der Waals surface area contributed by atoms with E-state index in [4.69, 9.17) is 0 Å². The van der Waals surface area contributed by atoms with Gasteiger partial charge in [-0.25, -0.2) is 28.1 Å². The zero-order chi connectivity index (χ0) is 22.4. The highest BCUT2D eigenvalue weighted by Gasteiger charge is 2.20. The number of aromatic nitrogens is 5. The molecule has 5 aromatic rings. The van der Waals surface area contributed by atoms with Crippen LogP contribution in [0.4, 0.5) is 19.0 Å². The number of nitrogens with one attached hydrogen (secondary N) is 2. The Balaban J connectivity index is 1.74. The van der Waals surface area contributed by atoms with Crippen LogP contribution in [0.25, 0.3) is 27.6 Å². The summed E-state index contributed by atoms with van der Waals surface area (Å²) >= 11 is 0. The number of nitrogens with zero attached hydrogens (tertiary/aromatic N) is 4. The molecule has 0 saturated carbocycles. The molecule has 0 spiro atoms. The Kier molecular flexibility index (Phi) is 4.62. The van der Waals surface area contributed by atoms with Crippen molar-refractivity contribution in [2.75, 3.05) is 5.32 Å². The number of halogens is 3. The fourth-order valence-corrected chi connectivity index (χ4v) is 3.74. The molecule has 0 amide bonds. The molecule has 7 nitrogen and oxygen atoms in total. The summed E-state index contributed by atoms with van der Waals surface area (Å²) in [4.78, 5) is 28.7. The Morgan fingerprint density at radius 3 is 2.59 bits per heavy atom. The Labute approximate surface area is 178 Å². The van der Waals surface area contributed by atoms with Crippen LogP contribution in [-0.2, 0) is 0 Å². The van der Waals surface area contributed by atoms with Crippen molar-refractivity contribution in [2.45, 2.75) is 13.0 Å². The van der Waals surface area contributed by atoms with Crippen LogP contribution >= 0.6 is 0 Å². The number of benzene rings is 2. The first kappa shape index (κ1) is 19.7. The topological polar surface area (TPSA) is 88.5 Å². The van der Waals surface area contributed by atoms with Gasteiger partial charge >= 0.3 is 0 Å². The maximum atomic E-state index is 14.5. The molecule has 2 N–H and O–H groups in total. The molecular formula is C22H15F3N6O. The quantitative estimate of drug-likeness (QED) is 0.440. The lowest BCUT2D eigenvalue weighted by molar-refractivity contribution is 0.580. The summed E-state index contributed by atoms with van der Waals surface area (Å²) in [6.07, 6.45) is 2.82. The minimum Gasteiger partial charge on any atom is -0.360 e. The summed E-state index contributed by atoms with van der Waals surface area (Å²) in [5.74, 6) is -2.05. The van der Waals surface area contributed by atoms with Crippen LogP contribution in [-0.4, -0.2) is 24.5 Å². The van der Waals surface area contributed by atoms with E-state index in [0.717, 1.165) is 22.8 Å². The van der Waals surface area contributed by atoms with Crippen molar-refractivity contribution in [1.29, 1.82) is 0 Å². The average molecular weight is 436 g/mol. The molecule has 3 heterocycles. The molecule has 0 fully saturated rings. The summed E-state index contributed by atoms with van der Waals surface area (Å²) in [5, 5.41) is 3.34. The number of imidazole rings is 1. The lowest BCUT2D eigenvalue weighted by atomic mass is 10.1. The normalized spacial score (nSPS) is 12.4. The third-order valence-electron chi connectivity index (χ3n) is 5.14. The number of hydrogen-bond acceptors (Lipinski definition) is 5. The molecule has 0 aliphatic carbocycles. The molecule has 0 bridgehead atoms. The van der Waals surface area contributed by atoms with Crippen molar-refractivity contribution in [3.63, 3.8) is 0 Å². The van der Waals surface area contributed by atoms with Gasteiger partial charge in [-0.05, 0) is 36.6 Å². The van der Waals surface area contributed by atoms with Crippen molar-refractivity contribution in [3.05, 3.63) is 88.6 Å². The van der Waals surface area contributed by atoms with Crippen LogP contribution < -0.4 is 10.9 Å². The van der Waals surface area contributed by atoms with E-state index in [1.54, 1.807) is 19.1 Å². The third-order valence-corrected chi connectivity index (χ3v) is 5.14. The highest BCUT2D eigenvalue weighted by atomic mass is 19.1. The van der Waals surface area contributed by atoms with E-state index in [0.29, 0.717) is 34.1 Å². The SMILES string of the molecule is CC(Nc1ncnc2[nH]cnc12)c1cc2cccc(F)c2c(=O)n1-c1cc(F)cc(F)c1. The Hall–Kier alpha value is -4.21. The predicted octanol–water partition coefficient (Wildman–Crippen LogP) is 4.25. The van der Waals surface area contributed by atoms with Gasteiger partial charge in [0.1, 0.15) is 29.3 Å². The van der Waals surface area contributed by atoms with Gasteiger partial charge in [0.05, 0.1) is 23.4 Å². The second-order valence-corrected chi connectivity index (χ2v) is 7.23. The van der Waals surface area contributed by atoms with Gasteiger partial charge in [0, 0.05) is 11.8 Å². The van der Waals surface area contributed by atoms with Gasteiger partial charge in [-0.15, -0.1) is 0 Å². The lowest BCUT2D eigenvalue weighted by Crippen LogP contribution is -2.26. The average Bonchev–Trinajstić information content (AvgIpc) is 3.22. The van der Waals surface area contributed by atoms with Crippen LogP contribution in [0, 0.1) is 17.5 Å². The highest BCUT2D eigenvalue weighted by molar-refractivity contribution is 5.84. The van der Waals surface area contributed by atoms with Crippen molar-refractivity contribution in [3.8, 4) is 5.69 Å². The van der Waals surface area contributed by atoms with E-state index in [1.807, 2.05) is 0 Å². The first-order chi connectivity index (χ1) is 15.4. The fourth-order valence-electron chi connectivity index (χ4n) is 3.74. The standard InChI is InChI=1S/C22H15F3N6O/c1-11(30-21-19-20(27-9-26-19)28-10-29-21)17-5-12-3-2-4-16(25)18(12)22(32)31(17)15-7-13(23)6-14(24)8-15/h2-11H,1H3,(H2,26,27,28,29,30). The summed E-state index contributed by atoms with van der Waals surface area (Å²) in [5.41, 5.74) is 0.549. The first-order valence-electron chi connectivity index (χ1n) is 9.63. The Bertz CT molecular complexity index is 1520. The van der Waals surface area contributed by atoms with Gasteiger partial charge < -0.3 is 10.3 Å². The Morgan fingerprint density at radius 2 is 1.81 bits per heavy atom. The second kappa shape index (κ2) is 7.49. The summed E-state index contributed by atoms with van der Waals surface area (Å²) in [6.45, 7) is 1.74. The molecule has 2 aromatic carbocycles. The Morgan fingerprint density at radius 1 is 1.03 bits per heavy atom. The number of rotatable bonds is 4. The van der Waals surface area contributed by atoms with E-state index >= 15 is 0 Å². The number of aromatic amines is 1. The lowest BCUT2D eigenvalue weighted by Gasteiger charge is -2.21. The van der Waals surface area contributed by atoms with Crippen LogP contribution in [0.5, 0.6) is 0 Å². The van der Waals surface area contributed by atoms with E-state index in [-0.39, 0.29) is 11.1 Å². The molecular weight excluding hydrogens is 421 g/mol. The molecule has 0 aliphatic rings. The van der Waals surface area contributed by atoms with Gasteiger partial charge in [-0.2, -0.15) is 0 Å². The van der Waals surface area contributed by atoms with Crippen molar-refractivity contribution in [1.82, 2.24) is 24.5 Å². The van der Waals surface area contributed by atoms with E-state index in [1.165, 1.54) is 18.7 Å². The number of hydrogen-bond donors (Lipinski definition) is 2. The minimum atomic E-state index is -0.860. The predicted molar refractivity (Wildman–Crippen MR) is 113 cm³/mol. The molecule has 0 aliphatic heterocycles. The molecule has 0 radical (unpaired) electrons. The number of anilines is 1. The smallest absolute Gasteiger partial charge is 0.266 e. The largest absolute Gasteiger partial charge is 0.360 e. The molecule has 32 heavy (non-hydrogen) atoms. The second-order valence-electron chi connectivity index (χ2n) is 7.23. The minimum absolute atomic E-state index is 0.0612. The van der Waals surface area contributed by atoms with Gasteiger partial charge in [0.2, 0.25) is 0 Å². The maximum absolute atomic E-state index is 14.5. The molecule has 160 valence electrons. The summed E-state index contributed by atoms with van der Waals surface area (Å²) < 4.78 is 43.6. The van der Waals surface area contributed by atoms with Crippen molar-refractivity contribution < 1.29 is 13.2 Å². The number of pyridine rings is 1. The van der Waals surface area contributed by atoms with Gasteiger partial charge in [-0.3, -0.25) is 9.36 Å². The number of fused-ring (bicyclic) bond motifs is 2. The highest BCUT2D eigenvalue weighted by Crippen LogP contribution is 2.27. The van der Waals surface area contributed by atoms with Gasteiger partial charge in [-0.1, -0.05) is 12.1 Å². The molecule has 1 unspecified atom stereocenters. The third kappa shape index (κ3) is 3.25. The van der Waals surface area contributed by atoms with E-state index < -0.39 is 29.1 Å². The van der Waals surface area contributed by atoms with Crippen LogP contribution in [0.1, 0.15) is 18.7 Å². The summed E-state index contributed by atoms with van der Waals surface area (Å²) in [7, 11) is 0. The maximum Gasteiger partial charge on any atom is 0.266 e. The van der Waals surface area contributed by atoms with Crippen LogP contribution in [0.15, 0.2) is 59.9 Å². The number of H-pyrrole nitrogens is 1. The van der Waals surface area contributed by atoms with Crippen LogP contribution in [0.2, 0.25) is 0 Å². The molecule has 10 heteroatoms. The van der Waals surface area contributed by atoms with Crippen molar-refractivity contribution >= 4 is 27.8 Å². The summed E-state index contributed by atoms with van der Waals surface area (Å²) in [6, 6.07) is 8.00. The van der Waals surface area contributed by atoms with Crippen molar-refractivity contribution in [2.24, 2.45) is 0 Å². The zero-order valence-electron chi connectivity index (χ0n) is 16.6. The molecule has 0 saturated heterocycles. The monoisotopic (exact) mass is 436 g/mol. The zero-order valence-corrected chi connectivity index (χ0v) is 16.6. The first-order valence-corrected chi connectivity index (χ1v) is 9.63. The fraction of sp³-hybridized carbons (Fsp3) is 0.0909. The molecule has 5 rings (SSSR count). The van der Waals surface area contributed by atoms with E-state index in [2.05, 4.69) is 25.3 Å². The molecule has 3 aromatic heterocycles. The van der Waals surface area contributed by atoms with Crippen LogP contribution in [0.3, 0.4) is 0 Å². The van der Waals surface area contributed by atoms with E-state index in [9.17, 15) is 18.0 Å². The van der Waals surface area contributed by atoms with Gasteiger partial charge in [0.25, 0.3) is 5.56 Å².